The summed E-state index contributed by atoms with van der Waals surface area (Å²) in [5.41, 5.74) is 18.1. The van der Waals surface area contributed by atoms with E-state index >= 15 is 0 Å². The molecule has 10 aromatic rings. The average Bonchev–Trinajstić information content (AvgIpc) is 3.92. The maximum Gasteiger partial charge on any atom is 0.333 e. The number of thiophene rings is 2. The lowest BCUT2D eigenvalue weighted by atomic mass is 9.43. The number of anilines is 2. The second-order valence-corrected chi connectivity index (χ2v) is 24.5. The van der Waals surface area contributed by atoms with E-state index < -0.39 is 0 Å². The van der Waals surface area contributed by atoms with Crippen molar-refractivity contribution < 1.29 is 0 Å². The van der Waals surface area contributed by atoms with E-state index in [0.29, 0.717) is 0 Å². The van der Waals surface area contributed by atoms with Crippen molar-refractivity contribution in [2.45, 2.75) is 104 Å². The Balaban J connectivity index is 1.29. The van der Waals surface area contributed by atoms with Gasteiger partial charge in [0.1, 0.15) is 0 Å². The molecule has 0 radical (unpaired) electrons. The summed E-state index contributed by atoms with van der Waals surface area (Å²) in [5.74, 6) is 0. The second kappa shape index (κ2) is 12.3. The van der Waals surface area contributed by atoms with Gasteiger partial charge in [-0.05, 0) is 122 Å². The molecule has 0 amide bonds. The maximum atomic E-state index is 2.75. The molecule has 13 rings (SSSR count). The van der Waals surface area contributed by atoms with Crippen LogP contribution in [0.2, 0.25) is 0 Å². The fourth-order valence-electron chi connectivity index (χ4n) is 11.9. The van der Waals surface area contributed by atoms with E-state index in [1.807, 2.05) is 22.7 Å². The molecule has 0 saturated carbocycles. The largest absolute Gasteiger partial charge is 0.376 e. The molecule has 2 aliphatic heterocycles. The van der Waals surface area contributed by atoms with Crippen LogP contribution in [0.4, 0.5) is 11.4 Å². The van der Waals surface area contributed by atoms with Crippen molar-refractivity contribution in [3.8, 4) is 16.8 Å². The number of rotatable bonds is 1. The topological polar surface area (TPSA) is 8.17 Å². The first-order valence-corrected chi connectivity index (χ1v) is 24.6. The standard InChI is InChI=1S/C58H53BN2S2/c1-55(2,3)32-19-22-34(23-20-32)61-45-31-48-37(35-15-11-13-17-46(35)62-48)28-38(45)51-52-53-49(50-36-16-12-14-18-47(36)63-54(50)51)39-29-40-41(58(9,10)26-25-57(40,7)8)30-44(39)60(53)43-24-21-33(56(4,5)6)27-42(43)59(52)61/h11-24,27-31H,25-26H2,1-10H3. The molecule has 310 valence electrons. The third-order valence-corrected chi connectivity index (χ3v) is 17.9. The van der Waals surface area contributed by atoms with Gasteiger partial charge in [-0.1, -0.05) is 130 Å². The van der Waals surface area contributed by atoms with Crippen LogP contribution in [0.3, 0.4) is 0 Å². The molecule has 1 aliphatic carbocycles. The highest BCUT2D eigenvalue weighted by Crippen LogP contribution is 2.56. The zero-order chi connectivity index (χ0) is 43.3. The zero-order valence-electron chi connectivity index (χ0n) is 38.2. The summed E-state index contributed by atoms with van der Waals surface area (Å²) in [6, 6.07) is 45.8. The molecule has 5 heterocycles. The molecule has 3 aliphatic rings. The van der Waals surface area contributed by atoms with Gasteiger partial charge in [-0.2, -0.15) is 0 Å². The molecule has 7 aromatic carbocycles. The molecule has 0 unspecified atom stereocenters. The number of fused-ring (bicyclic) bond motifs is 17. The summed E-state index contributed by atoms with van der Waals surface area (Å²) in [6.07, 6.45) is 2.38. The van der Waals surface area contributed by atoms with Crippen molar-refractivity contribution in [1.82, 2.24) is 4.57 Å². The molecule has 63 heavy (non-hydrogen) atoms. The van der Waals surface area contributed by atoms with Crippen LogP contribution in [0.25, 0.3) is 79.0 Å². The first-order chi connectivity index (χ1) is 30.0. The van der Waals surface area contributed by atoms with Gasteiger partial charge in [0.05, 0.1) is 11.0 Å². The Morgan fingerprint density at radius 3 is 1.89 bits per heavy atom. The Bertz CT molecular complexity index is 3650. The molecule has 0 spiro atoms. The van der Waals surface area contributed by atoms with Crippen LogP contribution in [0.1, 0.15) is 104 Å². The first kappa shape index (κ1) is 38.1. The molecular formula is C58H53BN2S2. The fourth-order valence-corrected chi connectivity index (χ4v) is 14.3. The van der Waals surface area contributed by atoms with Gasteiger partial charge >= 0.3 is 6.85 Å². The summed E-state index contributed by atoms with van der Waals surface area (Å²) in [4.78, 5) is 2.75. The highest BCUT2D eigenvalue weighted by molar-refractivity contribution is 7.27. The third kappa shape index (κ3) is 5.07. The lowest BCUT2D eigenvalue weighted by Gasteiger charge is -2.43. The summed E-state index contributed by atoms with van der Waals surface area (Å²) < 4.78 is 8.19. The predicted molar refractivity (Wildman–Crippen MR) is 278 cm³/mol. The fraction of sp³-hybridized carbons (Fsp3) is 0.276. The van der Waals surface area contributed by atoms with Crippen LogP contribution >= 0.6 is 22.7 Å². The third-order valence-electron chi connectivity index (χ3n) is 15.5. The molecular weight excluding hydrogens is 800 g/mol. The lowest BCUT2D eigenvalue weighted by Crippen LogP contribution is -2.60. The van der Waals surface area contributed by atoms with Crippen LogP contribution in [0, 0.1) is 0 Å². The van der Waals surface area contributed by atoms with Gasteiger partial charge in [0.2, 0.25) is 0 Å². The monoisotopic (exact) mass is 852 g/mol. The van der Waals surface area contributed by atoms with Gasteiger partial charge in [-0.25, -0.2) is 0 Å². The van der Waals surface area contributed by atoms with E-state index in [4.69, 9.17) is 0 Å². The van der Waals surface area contributed by atoms with Crippen molar-refractivity contribution in [3.05, 3.63) is 138 Å². The summed E-state index contributed by atoms with van der Waals surface area (Å²) in [6.45, 7) is 24.0. The molecule has 2 nitrogen and oxygen atoms in total. The molecule has 3 aromatic heterocycles. The van der Waals surface area contributed by atoms with Crippen molar-refractivity contribution in [1.29, 1.82) is 0 Å². The normalized spacial score (nSPS) is 16.5. The van der Waals surface area contributed by atoms with E-state index in [0.717, 1.165) is 0 Å². The van der Waals surface area contributed by atoms with E-state index in [2.05, 4.69) is 194 Å². The Morgan fingerprint density at radius 2 is 1.19 bits per heavy atom. The van der Waals surface area contributed by atoms with Gasteiger partial charge in [-0.15, -0.1) is 22.7 Å². The molecule has 0 bridgehead atoms. The molecule has 5 heteroatoms. The number of benzene rings is 7. The van der Waals surface area contributed by atoms with E-state index in [1.165, 1.54) is 136 Å². The smallest absolute Gasteiger partial charge is 0.333 e. The van der Waals surface area contributed by atoms with Crippen molar-refractivity contribution in [2.75, 3.05) is 4.81 Å². The maximum absolute atomic E-state index is 2.75. The summed E-state index contributed by atoms with van der Waals surface area (Å²) >= 11 is 3.93. The highest BCUT2D eigenvalue weighted by atomic mass is 32.1. The summed E-state index contributed by atoms with van der Waals surface area (Å²) in [5, 5.41) is 8.28. The van der Waals surface area contributed by atoms with Crippen LogP contribution in [0.15, 0.2) is 115 Å². The van der Waals surface area contributed by atoms with E-state index in [1.54, 1.807) is 0 Å². The summed E-state index contributed by atoms with van der Waals surface area (Å²) in [7, 11) is 0. The first-order valence-electron chi connectivity index (χ1n) is 23.0. The Labute approximate surface area is 379 Å². The highest BCUT2D eigenvalue weighted by Gasteiger charge is 2.47. The van der Waals surface area contributed by atoms with Crippen molar-refractivity contribution >= 4 is 114 Å². The quantitative estimate of drug-likeness (QED) is 0.149. The van der Waals surface area contributed by atoms with Gasteiger partial charge < -0.3 is 9.38 Å². The molecule has 0 N–H and O–H groups in total. The number of hydrogen-bond donors (Lipinski definition) is 0. The van der Waals surface area contributed by atoms with Crippen LogP contribution in [0.5, 0.6) is 0 Å². The van der Waals surface area contributed by atoms with Crippen LogP contribution in [-0.4, -0.2) is 11.4 Å². The Kier molecular flexibility index (Phi) is 7.42. The minimum Gasteiger partial charge on any atom is -0.376 e. The van der Waals surface area contributed by atoms with Crippen molar-refractivity contribution in [3.63, 3.8) is 0 Å². The van der Waals surface area contributed by atoms with Gasteiger partial charge in [0.25, 0.3) is 0 Å². The van der Waals surface area contributed by atoms with Gasteiger partial charge in [0, 0.05) is 79.3 Å². The van der Waals surface area contributed by atoms with Crippen LogP contribution in [-0.2, 0) is 21.7 Å². The second-order valence-electron chi connectivity index (χ2n) is 22.4. The molecule has 0 atom stereocenters. The number of nitrogens with zero attached hydrogens (tertiary/aromatic N) is 2. The van der Waals surface area contributed by atoms with Gasteiger partial charge in [-0.3, -0.25) is 0 Å². The zero-order valence-corrected chi connectivity index (χ0v) is 39.8. The van der Waals surface area contributed by atoms with E-state index in [-0.39, 0.29) is 28.5 Å². The van der Waals surface area contributed by atoms with E-state index in [9.17, 15) is 0 Å². The number of hydrogen-bond acceptors (Lipinski definition) is 3. The predicted octanol–water partition coefficient (Wildman–Crippen LogP) is 15.7. The Morgan fingerprint density at radius 1 is 0.556 bits per heavy atom. The van der Waals surface area contributed by atoms with Gasteiger partial charge in [0.15, 0.2) is 0 Å². The molecule has 0 saturated heterocycles. The number of aromatic nitrogens is 1. The minimum absolute atomic E-state index is 0.0225. The van der Waals surface area contributed by atoms with Crippen LogP contribution < -0.4 is 15.7 Å². The molecule has 0 fully saturated rings. The lowest BCUT2D eigenvalue weighted by molar-refractivity contribution is 0.332. The SMILES string of the molecule is CC(C)(C)c1ccc(N2B3c4cc(C(C)(C)C)ccc4-n4c5cc6c(cc5c5c7c(sc8ccccc87)c(c3c54)-c3cc4c(cc32)sc2ccccc24)C(C)(C)CCC6(C)C)cc1. The minimum atomic E-state index is -0.0476. The van der Waals surface area contributed by atoms with Crippen molar-refractivity contribution in [2.24, 2.45) is 0 Å². The average molecular weight is 853 g/mol. The Hall–Kier alpha value is -5.36.